The van der Waals surface area contributed by atoms with E-state index in [2.05, 4.69) is 193 Å². The highest BCUT2D eigenvalue weighted by molar-refractivity contribution is 6.25. The Labute approximate surface area is 290 Å². The standard InChI is InChI=1S/C48H31NO/c1-3-13-32(14-4-1)33-27-29-37(30-28-33)49(43-24-11-18-36-26-25-35-17-7-8-19-38(35)46(36)43)44-31-45-47(41-21-10-9-20-40(41)44)42-23-12-22-39(48(42)50-45)34-15-5-2-6-16-34/h1-31H. The maximum Gasteiger partial charge on any atom is 0.143 e. The fourth-order valence-corrected chi connectivity index (χ4v) is 7.74. The Kier molecular flexibility index (Phi) is 6.53. The molecule has 0 amide bonds. The molecule has 0 unspecified atom stereocenters. The predicted molar refractivity (Wildman–Crippen MR) is 212 cm³/mol. The first-order chi connectivity index (χ1) is 24.8. The van der Waals surface area contributed by atoms with E-state index in [1.54, 1.807) is 0 Å². The average molecular weight is 638 g/mol. The normalized spacial score (nSPS) is 11.6. The topological polar surface area (TPSA) is 16.4 Å². The summed E-state index contributed by atoms with van der Waals surface area (Å²) >= 11 is 0. The van der Waals surface area contributed by atoms with Crippen LogP contribution in [0.4, 0.5) is 17.1 Å². The van der Waals surface area contributed by atoms with Gasteiger partial charge >= 0.3 is 0 Å². The predicted octanol–water partition coefficient (Wildman–Crippen LogP) is 13.8. The number of benzene rings is 9. The van der Waals surface area contributed by atoms with Crippen LogP contribution in [0.2, 0.25) is 0 Å². The first-order valence-electron chi connectivity index (χ1n) is 17.1. The van der Waals surface area contributed by atoms with Crippen LogP contribution in [-0.2, 0) is 0 Å². The van der Waals surface area contributed by atoms with E-state index in [0.717, 1.165) is 55.5 Å². The molecule has 0 saturated carbocycles. The maximum atomic E-state index is 6.92. The third-order valence-electron chi connectivity index (χ3n) is 10.0. The smallest absolute Gasteiger partial charge is 0.143 e. The zero-order chi connectivity index (χ0) is 33.0. The molecule has 50 heavy (non-hydrogen) atoms. The van der Waals surface area contributed by atoms with E-state index in [4.69, 9.17) is 4.42 Å². The van der Waals surface area contributed by atoms with Gasteiger partial charge in [0, 0.05) is 38.9 Å². The van der Waals surface area contributed by atoms with Crippen molar-refractivity contribution in [1.82, 2.24) is 0 Å². The molecule has 0 aliphatic rings. The van der Waals surface area contributed by atoms with Gasteiger partial charge in [-0.05, 0) is 56.4 Å². The molecule has 0 aliphatic carbocycles. The number of hydrogen-bond acceptors (Lipinski definition) is 2. The van der Waals surface area contributed by atoms with Crippen LogP contribution in [0.15, 0.2) is 192 Å². The first kappa shape index (κ1) is 28.4. The van der Waals surface area contributed by atoms with Gasteiger partial charge in [0.1, 0.15) is 11.2 Å². The van der Waals surface area contributed by atoms with Crippen LogP contribution in [0.25, 0.3) is 76.5 Å². The van der Waals surface area contributed by atoms with Gasteiger partial charge in [0.25, 0.3) is 0 Å². The molecule has 9 aromatic carbocycles. The molecular weight excluding hydrogens is 607 g/mol. The van der Waals surface area contributed by atoms with Crippen LogP contribution in [0, 0.1) is 0 Å². The van der Waals surface area contributed by atoms with E-state index in [-0.39, 0.29) is 0 Å². The molecule has 0 radical (unpaired) electrons. The summed E-state index contributed by atoms with van der Waals surface area (Å²) in [7, 11) is 0. The lowest BCUT2D eigenvalue weighted by atomic mass is 9.97. The Morgan fingerprint density at radius 2 is 0.960 bits per heavy atom. The van der Waals surface area contributed by atoms with Crippen molar-refractivity contribution in [3.8, 4) is 22.3 Å². The van der Waals surface area contributed by atoms with Crippen LogP contribution < -0.4 is 4.90 Å². The molecule has 0 spiro atoms. The fourth-order valence-electron chi connectivity index (χ4n) is 7.74. The van der Waals surface area contributed by atoms with E-state index in [9.17, 15) is 0 Å². The molecule has 10 rings (SSSR count). The summed E-state index contributed by atoms with van der Waals surface area (Å²) in [4.78, 5) is 2.43. The summed E-state index contributed by atoms with van der Waals surface area (Å²) in [5.41, 5.74) is 9.67. The second-order valence-electron chi connectivity index (χ2n) is 12.9. The Balaban J connectivity index is 1.29. The summed E-state index contributed by atoms with van der Waals surface area (Å²) in [5, 5.41) is 9.47. The van der Waals surface area contributed by atoms with Gasteiger partial charge < -0.3 is 9.32 Å². The molecule has 10 aromatic rings. The van der Waals surface area contributed by atoms with Crippen LogP contribution in [-0.4, -0.2) is 0 Å². The summed E-state index contributed by atoms with van der Waals surface area (Å²) in [5.74, 6) is 0. The lowest BCUT2D eigenvalue weighted by Crippen LogP contribution is -2.11. The Bertz CT molecular complexity index is 2850. The molecule has 2 heteroatoms. The van der Waals surface area contributed by atoms with Crippen molar-refractivity contribution in [2.45, 2.75) is 0 Å². The van der Waals surface area contributed by atoms with Crippen LogP contribution >= 0.6 is 0 Å². The molecule has 0 bridgehead atoms. The van der Waals surface area contributed by atoms with Gasteiger partial charge in [-0.3, -0.25) is 0 Å². The number of hydrogen-bond donors (Lipinski definition) is 0. The largest absolute Gasteiger partial charge is 0.455 e. The second-order valence-corrected chi connectivity index (χ2v) is 12.9. The molecule has 0 saturated heterocycles. The molecule has 2 nitrogen and oxygen atoms in total. The van der Waals surface area contributed by atoms with Crippen molar-refractivity contribution < 1.29 is 4.42 Å². The highest BCUT2D eigenvalue weighted by atomic mass is 16.3. The van der Waals surface area contributed by atoms with Crippen molar-refractivity contribution in [2.24, 2.45) is 0 Å². The average Bonchev–Trinajstić information content (AvgIpc) is 3.58. The highest BCUT2D eigenvalue weighted by Gasteiger charge is 2.23. The van der Waals surface area contributed by atoms with Crippen molar-refractivity contribution in [1.29, 1.82) is 0 Å². The first-order valence-corrected chi connectivity index (χ1v) is 17.1. The highest BCUT2D eigenvalue weighted by Crippen LogP contribution is 2.48. The van der Waals surface area contributed by atoms with Crippen LogP contribution in [0.3, 0.4) is 0 Å². The van der Waals surface area contributed by atoms with Gasteiger partial charge in [0.15, 0.2) is 0 Å². The zero-order valence-corrected chi connectivity index (χ0v) is 27.3. The Morgan fingerprint density at radius 1 is 0.360 bits per heavy atom. The van der Waals surface area contributed by atoms with Crippen molar-refractivity contribution >= 4 is 71.3 Å². The molecule has 234 valence electrons. The monoisotopic (exact) mass is 637 g/mol. The fraction of sp³-hybridized carbons (Fsp3) is 0. The van der Waals surface area contributed by atoms with Gasteiger partial charge in [-0.2, -0.15) is 0 Å². The minimum Gasteiger partial charge on any atom is -0.455 e. The minimum atomic E-state index is 0.869. The third kappa shape index (κ3) is 4.50. The number of para-hydroxylation sites is 1. The maximum absolute atomic E-state index is 6.92. The lowest BCUT2D eigenvalue weighted by Gasteiger charge is -2.29. The number of nitrogens with zero attached hydrogens (tertiary/aromatic N) is 1. The van der Waals surface area contributed by atoms with Crippen molar-refractivity contribution in [2.75, 3.05) is 4.90 Å². The van der Waals surface area contributed by atoms with E-state index in [1.807, 2.05) is 0 Å². The summed E-state index contributed by atoms with van der Waals surface area (Å²) in [6, 6.07) is 67.4. The van der Waals surface area contributed by atoms with Crippen molar-refractivity contribution in [3.63, 3.8) is 0 Å². The molecule has 0 fully saturated rings. The summed E-state index contributed by atoms with van der Waals surface area (Å²) in [6.07, 6.45) is 0. The number of anilines is 3. The van der Waals surface area contributed by atoms with E-state index in [1.165, 1.54) is 38.1 Å². The number of rotatable bonds is 5. The lowest BCUT2D eigenvalue weighted by molar-refractivity contribution is 0.670. The molecule has 1 heterocycles. The van der Waals surface area contributed by atoms with Gasteiger partial charge in [0.2, 0.25) is 0 Å². The second kappa shape index (κ2) is 11.5. The van der Waals surface area contributed by atoms with Crippen LogP contribution in [0.1, 0.15) is 0 Å². The van der Waals surface area contributed by atoms with Crippen LogP contribution in [0.5, 0.6) is 0 Å². The molecule has 1 aromatic heterocycles. The van der Waals surface area contributed by atoms with Crippen molar-refractivity contribution in [3.05, 3.63) is 188 Å². The van der Waals surface area contributed by atoms with E-state index >= 15 is 0 Å². The summed E-state index contributed by atoms with van der Waals surface area (Å²) < 4.78 is 6.92. The van der Waals surface area contributed by atoms with Gasteiger partial charge in [-0.1, -0.05) is 164 Å². The number of furan rings is 1. The van der Waals surface area contributed by atoms with Gasteiger partial charge in [0.05, 0.1) is 11.4 Å². The van der Waals surface area contributed by atoms with Gasteiger partial charge in [-0.25, -0.2) is 0 Å². The Hall–Kier alpha value is -6.64. The SMILES string of the molecule is c1ccc(-c2ccc(N(c3cc4oc5c(-c6ccccc6)cccc5c4c4ccccc34)c3cccc4ccc5ccccc5c34)cc2)cc1. The molecule has 0 atom stereocenters. The molecular formula is C48H31NO. The third-order valence-corrected chi connectivity index (χ3v) is 10.0. The zero-order valence-electron chi connectivity index (χ0n) is 27.3. The summed E-state index contributed by atoms with van der Waals surface area (Å²) in [6.45, 7) is 0. The van der Waals surface area contributed by atoms with E-state index < -0.39 is 0 Å². The number of fused-ring (bicyclic) bond motifs is 8. The van der Waals surface area contributed by atoms with Gasteiger partial charge in [-0.15, -0.1) is 0 Å². The quantitative estimate of drug-likeness (QED) is 0.175. The van der Waals surface area contributed by atoms with E-state index in [0.29, 0.717) is 0 Å². The molecule has 0 aliphatic heterocycles. The Morgan fingerprint density at radius 3 is 1.76 bits per heavy atom. The minimum absolute atomic E-state index is 0.869. The molecule has 0 N–H and O–H groups in total.